The van der Waals surface area contributed by atoms with Gasteiger partial charge in [-0.05, 0) is 37.6 Å². The molecule has 0 amide bonds. The highest BCUT2D eigenvalue weighted by atomic mass is 16.5. The number of hydrogen-bond acceptors (Lipinski definition) is 2. The summed E-state index contributed by atoms with van der Waals surface area (Å²) in [6.45, 7) is 9.73. The SMILES string of the molecule is CCCNC(COCC1CCCC1)C(C)C. The fourth-order valence-electron chi connectivity index (χ4n) is 2.36. The molecule has 0 bridgehead atoms. The molecule has 1 aliphatic rings. The molecule has 96 valence electrons. The monoisotopic (exact) mass is 227 g/mol. The van der Waals surface area contributed by atoms with Crippen molar-refractivity contribution in [2.75, 3.05) is 19.8 Å². The van der Waals surface area contributed by atoms with Gasteiger partial charge in [-0.25, -0.2) is 0 Å². The summed E-state index contributed by atoms with van der Waals surface area (Å²) in [7, 11) is 0. The quantitative estimate of drug-likeness (QED) is 0.687. The molecular formula is C14H29NO. The summed E-state index contributed by atoms with van der Waals surface area (Å²) in [5, 5.41) is 3.57. The molecule has 0 heterocycles. The summed E-state index contributed by atoms with van der Waals surface area (Å²) >= 11 is 0. The molecule has 1 unspecified atom stereocenters. The van der Waals surface area contributed by atoms with Crippen LogP contribution in [0.5, 0.6) is 0 Å². The summed E-state index contributed by atoms with van der Waals surface area (Å²) in [5.74, 6) is 1.51. The van der Waals surface area contributed by atoms with E-state index in [9.17, 15) is 0 Å². The lowest BCUT2D eigenvalue weighted by atomic mass is 10.1. The topological polar surface area (TPSA) is 21.3 Å². The van der Waals surface area contributed by atoms with Crippen LogP contribution in [0.15, 0.2) is 0 Å². The zero-order valence-electron chi connectivity index (χ0n) is 11.3. The van der Waals surface area contributed by atoms with E-state index in [1.54, 1.807) is 0 Å². The van der Waals surface area contributed by atoms with Gasteiger partial charge in [0.05, 0.1) is 6.61 Å². The minimum Gasteiger partial charge on any atom is -0.380 e. The van der Waals surface area contributed by atoms with Crippen molar-refractivity contribution in [3.05, 3.63) is 0 Å². The largest absolute Gasteiger partial charge is 0.380 e. The predicted molar refractivity (Wildman–Crippen MR) is 69.7 cm³/mol. The lowest BCUT2D eigenvalue weighted by Crippen LogP contribution is -2.38. The Morgan fingerprint density at radius 1 is 1.25 bits per heavy atom. The van der Waals surface area contributed by atoms with Gasteiger partial charge >= 0.3 is 0 Å². The van der Waals surface area contributed by atoms with Crippen LogP contribution in [0.3, 0.4) is 0 Å². The number of nitrogens with one attached hydrogen (secondary N) is 1. The zero-order chi connectivity index (χ0) is 11.8. The third-order valence-electron chi connectivity index (χ3n) is 3.59. The first-order chi connectivity index (χ1) is 7.74. The van der Waals surface area contributed by atoms with Crippen LogP contribution >= 0.6 is 0 Å². The standard InChI is InChI=1S/C14H29NO/c1-4-9-15-14(12(2)3)11-16-10-13-7-5-6-8-13/h12-15H,4-11H2,1-3H3. The van der Waals surface area contributed by atoms with Crippen molar-refractivity contribution in [2.45, 2.75) is 58.9 Å². The first kappa shape index (κ1) is 14.0. The Morgan fingerprint density at radius 3 is 2.50 bits per heavy atom. The maximum Gasteiger partial charge on any atom is 0.0622 e. The predicted octanol–water partition coefficient (Wildman–Crippen LogP) is 3.22. The van der Waals surface area contributed by atoms with Crippen LogP contribution in [0.1, 0.15) is 52.9 Å². The van der Waals surface area contributed by atoms with Gasteiger partial charge in [-0.2, -0.15) is 0 Å². The van der Waals surface area contributed by atoms with E-state index in [1.165, 1.54) is 32.1 Å². The molecule has 2 heteroatoms. The lowest BCUT2D eigenvalue weighted by molar-refractivity contribution is 0.0726. The molecule has 0 aliphatic heterocycles. The van der Waals surface area contributed by atoms with E-state index in [0.29, 0.717) is 12.0 Å². The van der Waals surface area contributed by atoms with Gasteiger partial charge < -0.3 is 10.1 Å². The fraction of sp³-hybridized carbons (Fsp3) is 1.00. The summed E-state index contributed by atoms with van der Waals surface area (Å²) in [4.78, 5) is 0. The van der Waals surface area contributed by atoms with Crippen molar-refractivity contribution in [1.82, 2.24) is 5.32 Å². The zero-order valence-corrected chi connectivity index (χ0v) is 11.3. The highest BCUT2D eigenvalue weighted by Crippen LogP contribution is 2.24. The van der Waals surface area contributed by atoms with Gasteiger partial charge in [-0.15, -0.1) is 0 Å². The second kappa shape index (κ2) is 8.08. The molecule has 1 fully saturated rings. The minimum atomic E-state index is 0.529. The van der Waals surface area contributed by atoms with Gasteiger partial charge in [-0.3, -0.25) is 0 Å². The van der Waals surface area contributed by atoms with Gasteiger partial charge in [0.2, 0.25) is 0 Å². The van der Waals surface area contributed by atoms with Crippen molar-refractivity contribution in [3.63, 3.8) is 0 Å². The van der Waals surface area contributed by atoms with Crippen LogP contribution in [-0.2, 0) is 4.74 Å². The first-order valence-electron chi connectivity index (χ1n) is 7.05. The Bertz CT molecular complexity index is 164. The Morgan fingerprint density at radius 2 is 1.94 bits per heavy atom. The molecular weight excluding hydrogens is 198 g/mol. The Labute approximate surface area is 101 Å². The molecule has 0 spiro atoms. The molecule has 16 heavy (non-hydrogen) atoms. The van der Waals surface area contributed by atoms with Gasteiger partial charge in [0.25, 0.3) is 0 Å². The summed E-state index contributed by atoms with van der Waals surface area (Å²) < 4.78 is 5.88. The Balaban J connectivity index is 2.10. The van der Waals surface area contributed by atoms with E-state index in [-0.39, 0.29) is 0 Å². The van der Waals surface area contributed by atoms with Crippen molar-refractivity contribution in [3.8, 4) is 0 Å². The molecule has 0 aromatic heterocycles. The van der Waals surface area contributed by atoms with Crippen molar-refractivity contribution >= 4 is 0 Å². The third kappa shape index (κ3) is 5.31. The van der Waals surface area contributed by atoms with E-state index >= 15 is 0 Å². The number of rotatable bonds is 8. The average molecular weight is 227 g/mol. The molecule has 0 aromatic rings. The Kier molecular flexibility index (Phi) is 7.06. The van der Waals surface area contributed by atoms with E-state index < -0.39 is 0 Å². The van der Waals surface area contributed by atoms with E-state index in [1.807, 2.05) is 0 Å². The van der Waals surface area contributed by atoms with Gasteiger partial charge in [-0.1, -0.05) is 33.6 Å². The number of hydrogen-bond donors (Lipinski definition) is 1. The maximum absolute atomic E-state index is 5.88. The third-order valence-corrected chi connectivity index (χ3v) is 3.59. The molecule has 2 nitrogen and oxygen atoms in total. The van der Waals surface area contributed by atoms with Gasteiger partial charge in [0.15, 0.2) is 0 Å². The highest BCUT2D eigenvalue weighted by molar-refractivity contribution is 4.71. The lowest BCUT2D eigenvalue weighted by Gasteiger charge is -2.23. The fourth-order valence-corrected chi connectivity index (χ4v) is 2.36. The summed E-state index contributed by atoms with van der Waals surface area (Å²) in [6, 6.07) is 0.529. The summed E-state index contributed by atoms with van der Waals surface area (Å²) in [6.07, 6.45) is 6.79. The molecule has 0 radical (unpaired) electrons. The summed E-state index contributed by atoms with van der Waals surface area (Å²) in [5.41, 5.74) is 0. The molecule has 1 atom stereocenters. The molecule has 1 aliphatic carbocycles. The van der Waals surface area contributed by atoms with E-state index in [4.69, 9.17) is 4.74 Å². The van der Waals surface area contributed by atoms with Crippen LogP contribution in [0.4, 0.5) is 0 Å². The van der Waals surface area contributed by atoms with Crippen molar-refractivity contribution in [1.29, 1.82) is 0 Å². The highest BCUT2D eigenvalue weighted by Gasteiger charge is 2.17. The van der Waals surface area contributed by atoms with Crippen molar-refractivity contribution < 1.29 is 4.74 Å². The average Bonchev–Trinajstić information content (AvgIpc) is 2.75. The second-order valence-electron chi connectivity index (χ2n) is 5.49. The van der Waals surface area contributed by atoms with Crippen molar-refractivity contribution in [2.24, 2.45) is 11.8 Å². The van der Waals surface area contributed by atoms with Crippen LogP contribution in [0, 0.1) is 11.8 Å². The molecule has 1 saturated carbocycles. The Hall–Kier alpha value is -0.0800. The van der Waals surface area contributed by atoms with E-state index in [0.717, 1.165) is 25.7 Å². The van der Waals surface area contributed by atoms with Gasteiger partial charge in [0.1, 0.15) is 0 Å². The number of ether oxygens (including phenoxy) is 1. The van der Waals surface area contributed by atoms with Gasteiger partial charge in [0, 0.05) is 12.6 Å². The molecule has 1 rings (SSSR count). The first-order valence-corrected chi connectivity index (χ1v) is 7.05. The van der Waals surface area contributed by atoms with Crippen LogP contribution in [0.25, 0.3) is 0 Å². The van der Waals surface area contributed by atoms with Crippen LogP contribution < -0.4 is 5.32 Å². The molecule has 0 aromatic carbocycles. The van der Waals surface area contributed by atoms with E-state index in [2.05, 4.69) is 26.1 Å². The van der Waals surface area contributed by atoms with Crippen LogP contribution in [-0.4, -0.2) is 25.8 Å². The smallest absolute Gasteiger partial charge is 0.0622 e. The minimum absolute atomic E-state index is 0.529. The molecule has 0 saturated heterocycles. The maximum atomic E-state index is 5.88. The second-order valence-corrected chi connectivity index (χ2v) is 5.49. The molecule has 1 N–H and O–H groups in total. The van der Waals surface area contributed by atoms with Crippen LogP contribution in [0.2, 0.25) is 0 Å². The normalized spacial score (nSPS) is 19.5.